The standard InChI is InChI=1S/C11H14ClN5O4/c1-6-8(17(19)20)9(15-10(12)13-6)16-4-3-7(5-16)14-11(18)21-2/h7H,3-5H2,1-2H3,(H,14,18). The van der Waals surface area contributed by atoms with Gasteiger partial charge in [-0.05, 0) is 24.9 Å². The van der Waals surface area contributed by atoms with Crippen LogP contribution in [0.15, 0.2) is 0 Å². The molecule has 1 unspecified atom stereocenters. The van der Waals surface area contributed by atoms with Crippen LogP contribution in [0.5, 0.6) is 0 Å². The minimum absolute atomic E-state index is 0.0440. The maximum atomic E-state index is 11.2. The van der Waals surface area contributed by atoms with Gasteiger partial charge in [-0.1, -0.05) is 0 Å². The van der Waals surface area contributed by atoms with Gasteiger partial charge in [0.25, 0.3) is 0 Å². The highest BCUT2D eigenvalue weighted by Crippen LogP contribution is 2.31. The van der Waals surface area contributed by atoms with Gasteiger partial charge in [-0.15, -0.1) is 0 Å². The van der Waals surface area contributed by atoms with Crippen molar-refractivity contribution in [1.82, 2.24) is 15.3 Å². The van der Waals surface area contributed by atoms with E-state index >= 15 is 0 Å². The number of halogens is 1. The number of rotatable bonds is 3. The first-order valence-electron chi connectivity index (χ1n) is 6.20. The zero-order valence-electron chi connectivity index (χ0n) is 11.5. The Balaban J connectivity index is 2.23. The van der Waals surface area contributed by atoms with Crippen LogP contribution in [-0.4, -0.2) is 47.2 Å². The Labute approximate surface area is 125 Å². The molecule has 1 aliphatic heterocycles. The van der Waals surface area contributed by atoms with Gasteiger partial charge in [0.15, 0.2) is 0 Å². The first-order chi connectivity index (χ1) is 9.92. The Morgan fingerprint density at radius 2 is 2.29 bits per heavy atom. The summed E-state index contributed by atoms with van der Waals surface area (Å²) in [7, 11) is 1.28. The predicted octanol–water partition coefficient (Wildman–Crippen LogP) is 1.28. The molecule has 1 N–H and O–H groups in total. The molecule has 0 bridgehead atoms. The van der Waals surface area contributed by atoms with Gasteiger partial charge in [0.1, 0.15) is 5.69 Å². The molecule has 1 atom stereocenters. The first kappa shape index (κ1) is 15.2. The molecule has 0 spiro atoms. The minimum atomic E-state index is -0.534. The Morgan fingerprint density at radius 1 is 1.57 bits per heavy atom. The van der Waals surface area contributed by atoms with Crippen molar-refractivity contribution in [3.8, 4) is 0 Å². The fraction of sp³-hybridized carbons (Fsp3) is 0.545. The zero-order valence-corrected chi connectivity index (χ0v) is 12.3. The van der Waals surface area contributed by atoms with Gasteiger partial charge in [-0.2, -0.15) is 4.98 Å². The molecule has 1 fully saturated rings. The van der Waals surface area contributed by atoms with Crippen molar-refractivity contribution in [1.29, 1.82) is 0 Å². The summed E-state index contributed by atoms with van der Waals surface area (Å²) in [5.41, 5.74) is 0.0393. The number of aryl methyl sites for hydroxylation is 1. The van der Waals surface area contributed by atoms with E-state index in [2.05, 4.69) is 20.0 Å². The van der Waals surface area contributed by atoms with Crippen LogP contribution in [0.1, 0.15) is 12.1 Å². The number of hydrogen-bond acceptors (Lipinski definition) is 7. The van der Waals surface area contributed by atoms with Crippen LogP contribution in [-0.2, 0) is 4.74 Å². The number of hydrogen-bond donors (Lipinski definition) is 1. The van der Waals surface area contributed by atoms with Crippen LogP contribution < -0.4 is 10.2 Å². The Bertz CT molecular complexity index is 582. The minimum Gasteiger partial charge on any atom is -0.453 e. The normalized spacial score (nSPS) is 17.7. The van der Waals surface area contributed by atoms with Crippen LogP contribution in [0.25, 0.3) is 0 Å². The van der Waals surface area contributed by atoms with E-state index in [1.165, 1.54) is 14.0 Å². The molecule has 1 aromatic heterocycles. The maximum Gasteiger partial charge on any atom is 0.407 e. The number of ether oxygens (including phenoxy) is 1. The average molecular weight is 316 g/mol. The van der Waals surface area contributed by atoms with Crippen LogP contribution in [0.3, 0.4) is 0 Å². The number of carbonyl (C=O) groups is 1. The Hall–Kier alpha value is -2.16. The van der Waals surface area contributed by atoms with Crippen LogP contribution in [0.2, 0.25) is 5.28 Å². The summed E-state index contributed by atoms with van der Waals surface area (Å²) in [4.78, 5) is 31.3. The fourth-order valence-electron chi connectivity index (χ4n) is 2.25. The summed E-state index contributed by atoms with van der Waals surface area (Å²) in [6, 6.07) is -0.161. The number of alkyl carbamates (subject to hydrolysis) is 1. The SMILES string of the molecule is COC(=O)NC1CCN(c2nc(Cl)nc(C)c2[N+](=O)[O-])C1. The third kappa shape index (κ3) is 3.30. The average Bonchev–Trinajstić information content (AvgIpc) is 2.85. The molecule has 0 aromatic carbocycles. The van der Waals surface area contributed by atoms with E-state index in [4.69, 9.17) is 11.6 Å². The van der Waals surface area contributed by atoms with Crippen molar-refractivity contribution in [3.63, 3.8) is 0 Å². The first-order valence-corrected chi connectivity index (χ1v) is 6.58. The number of nitrogens with zero attached hydrogens (tertiary/aromatic N) is 4. The molecule has 114 valence electrons. The highest BCUT2D eigenvalue weighted by atomic mass is 35.5. The molecule has 9 nitrogen and oxygen atoms in total. The summed E-state index contributed by atoms with van der Waals surface area (Å²) < 4.78 is 4.53. The van der Waals surface area contributed by atoms with Crippen molar-refractivity contribution in [2.75, 3.05) is 25.1 Å². The molecular weight excluding hydrogens is 302 g/mol. The third-order valence-corrected chi connectivity index (χ3v) is 3.36. The molecule has 1 amide bonds. The fourth-order valence-corrected chi connectivity index (χ4v) is 2.46. The van der Waals surface area contributed by atoms with Gasteiger partial charge in [0.05, 0.1) is 18.1 Å². The molecule has 10 heteroatoms. The lowest BCUT2D eigenvalue weighted by Gasteiger charge is -2.18. The van der Waals surface area contributed by atoms with Gasteiger partial charge in [0, 0.05) is 13.1 Å². The predicted molar refractivity (Wildman–Crippen MR) is 74.6 cm³/mol. The van der Waals surface area contributed by atoms with Gasteiger partial charge < -0.3 is 15.0 Å². The number of anilines is 1. The van der Waals surface area contributed by atoms with Crippen LogP contribution in [0.4, 0.5) is 16.3 Å². The van der Waals surface area contributed by atoms with E-state index in [0.717, 1.165) is 0 Å². The van der Waals surface area contributed by atoms with Gasteiger partial charge in [-0.25, -0.2) is 9.78 Å². The monoisotopic (exact) mass is 315 g/mol. The van der Waals surface area contributed by atoms with Crippen molar-refractivity contribution < 1.29 is 14.5 Å². The zero-order chi connectivity index (χ0) is 15.6. The molecule has 0 saturated carbocycles. The largest absolute Gasteiger partial charge is 0.453 e. The molecule has 1 saturated heterocycles. The topological polar surface area (TPSA) is 110 Å². The van der Waals surface area contributed by atoms with Gasteiger partial charge in [-0.3, -0.25) is 10.1 Å². The number of aromatic nitrogens is 2. The molecule has 21 heavy (non-hydrogen) atoms. The van der Waals surface area contributed by atoms with Gasteiger partial charge in [0.2, 0.25) is 11.1 Å². The summed E-state index contributed by atoms with van der Waals surface area (Å²) >= 11 is 5.79. The van der Waals surface area contributed by atoms with Crippen molar-refractivity contribution in [2.45, 2.75) is 19.4 Å². The van der Waals surface area contributed by atoms with E-state index in [1.807, 2.05) is 0 Å². The van der Waals surface area contributed by atoms with Gasteiger partial charge >= 0.3 is 11.8 Å². The number of methoxy groups -OCH3 is 1. The lowest BCUT2D eigenvalue weighted by atomic mass is 10.3. The lowest BCUT2D eigenvalue weighted by Crippen LogP contribution is -2.37. The number of amides is 1. The molecule has 2 rings (SSSR count). The molecule has 1 aromatic rings. The van der Waals surface area contributed by atoms with Crippen molar-refractivity contribution in [2.24, 2.45) is 0 Å². The van der Waals surface area contributed by atoms with E-state index in [0.29, 0.717) is 19.5 Å². The van der Waals surface area contributed by atoms with Crippen LogP contribution >= 0.6 is 11.6 Å². The smallest absolute Gasteiger partial charge is 0.407 e. The Kier molecular flexibility index (Phi) is 4.41. The molecule has 1 aliphatic rings. The number of nitro groups is 1. The highest BCUT2D eigenvalue weighted by Gasteiger charge is 2.32. The summed E-state index contributed by atoms with van der Waals surface area (Å²) in [5, 5.41) is 13.8. The summed E-state index contributed by atoms with van der Waals surface area (Å²) in [6.07, 6.45) is 0.0978. The lowest BCUT2D eigenvalue weighted by molar-refractivity contribution is -0.385. The van der Waals surface area contributed by atoms with E-state index < -0.39 is 11.0 Å². The second-order valence-electron chi connectivity index (χ2n) is 4.57. The maximum absolute atomic E-state index is 11.2. The summed E-state index contributed by atoms with van der Waals surface area (Å²) in [5.74, 6) is 0.173. The molecule has 0 aliphatic carbocycles. The highest BCUT2D eigenvalue weighted by molar-refractivity contribution is 6.28. The molecule has 0 radical (unpaired) electrons. The van der Waals surface area contributed by atoms with E-state index in [-0.39, 0.29) is 28.5 Å². The second-order valence-corrected chi connectivity index (χ2v) is 4.91. The van der Waals surface area contributed by atoms with Crippen molar-refractivity contribution in [3.05, 3.63) is 21.1 Å². The van der Waals surface area contributed by atoms with Crippen molar-refractivity contribution >= 4 is 29.2 Å². The molecule has 2 heterocycles. The number of nitrogens with one attached hydrogen (secondary N) is 1. The third-order valence-electron chi connectivity index (χ3n) is 3.19. The molecular formula is C11H14ClN5O4. The quantitative estimate of drug-likeness (QED) is 0.508. The van der Waals surface area contributed by atoms with Crippen LogP contribution in [0, 0.1) is 17.0 Å². The number of carbonyl (C=O) groups excluding carboxylic acids is 1. The van der Waals surface area contributed by atoms with E-state index in [9.17, 15) is 14.9 Å². The Morgan fingerprint density at radius 3 is 2.90 bits per heavy atom. The van der Waals surface area contributed by atoms with E-state index in [1.54, 1.807) is 4.90 Å². The second kappa shape index (κ2) is 6.08. The summed E-state index contributed by atoms with van der Waals surface area (Å²) in [6.45, 7) is 2.42.